The van der Waals surface area contributed by atoms with Crippen LogP contribution in [0.3, 0.4) is 0 Å². The molecule has 3 heterocycles. The van der Waals surface area contributed by atoms with Gasteiger partial charge >= 0.3 is 0 Å². The van der Waals surface area contributed by atoms with Crippen molar-refractivity contribution in [1.29, 1.82) is 0 Å². The summed E-state index contributed by atoms with van der Waals surface area (Å²) in [4.78, 5) is 34.2. The monoisotopic (exact) mass is 407 g/mol. The molecule has 0 bridgehead atoms. The Morgan fingerprint density at radius 3 is 2.83 bits per heavy atom. The van der Waals surface area contributed by atoms with Gasteiger partial charge in [0.1, 0.15) is 28.8 Å². The fraction of sp³-hybridized carbons (Fsp3) is 0.150. The van der Waals surface area contributed by atoms with Gasteiger partial charge < -0.3 is 19.8 Å². The minimum atomic E-state index is -0.514. The van der Waals surface area contributed by atoms with Gasteiger partial charge in [0.05, 0.1) is 11.2 Å². The average molecular weight is 407 g/mol. The molecule has 0 fully saturated rings. The smallest absolute Gasteiger partial charge is 0.287 e. The Balaban J connectivity index is 1.42. The molecule has 1 aromatic carbocycles. The van der Waals surface area contributed by atoms with E-state index in [4.69, 9.17) is 4.42 Å². The highest BCUT2D eigenvalue weighted by Gasteiger charge is 2.18. The molecule has 0 amide bonds. The third-order valence-corrected chi connectivity index (χ3v) is 4.52. The number of hydrogen-bond donors (Lipinski definition) is 3. The summed E-state index contributed by atoms with van der Waals surface area (Å²) in [7, 11) is 0. The number of pyridine rings is 1. The predicted molar refractivity (Wildman–Crippen MR) is 108 cm³/mol. The van der Waals surface area contributed by atoms with Crippen molar-refractivity contribution in [2.75, 3.05) is 11.9 Å². The summed E-state index contributed by atoms with van der Waals surface area (Å²) in [6, 6.07) is 9.34. The molecule has 0 aliphatic rings. The van der Waals surface area contributed by atoms with Crippen molar-refractivity contribution in [3.8, 4) is 17.3 Å². The number of furan rings is 1. The van der Waals surface area contributed by atoms with Crippen LogP contribution in [0.2, 0.25) is 0 Å². The maximum absolute atomic E-state index is 12.7. The third kappa shape index (κ3) is 3.83. The summed E-state index contributed by atoms with van der Waals surface area (Å²) in [6.07, 6.45) is 3.47. The highest BCUT2D eigenvalue weighted by molar-refractivity contribution is 6.07. The molecular formula is C20H17N5O5. The Hall–Kier alpha value is -4.21. The molecule has 30 heavy (non-hydrogen) atoms. The van der Waals surface area contributed by atoms with Gasteiger partial charge in [-0.05, 0) is 36.8 Å². The molecular weight excluding hydrogens is 390 g/mol. The number of aromatic nitrogens is 3. The number of anilines is 1. The third-order valence-electron chi connectivity index (χ3n) is 4.52. The number of carbonyl (C=O) groups excluding carboxylic acids is 1. The Morgan fingerprint density at radius 1 is 1.27 bits per heavy atom. The van der Waals surface area contributed by atoms with Gasteiger partial charge in [-0.25, -0.2) is 9.97 Å². The van der Waals surface area contributed by atoms with Gasteiger partial charge in [0.2, 0.25) is 0 Å². The second-order valence-corrected chi connectivity index (χ2v) is 6.53. The van der Waals surface area contributed by atoms with Gasteiger partial charge in [0.15, 0.2) is 17.4 Å². The maximum atomic E-state index is 12.7. The number of hydrogen-bond acceptors (Lipinski definition) is 8. The normalized spacial score (nSPS) is 10.9. The number of aromatic hydroxyl groups is 1. The molecule has 3 aromatic heterocycles. The number of rotatable bonds is 8. The zero-order chi connectivity index (χ0) is 21.1. The van der Waals surface area contributed by atoms with Crippen LogP contribution in [-0.4, -0.2) is 37.3 Å². The lowest BCUT2D eigenvalue weighted by atomic mass is 10.0. The van der Waals surface area contributed by atoms with E-state index in [-0.39, 0.29) is 23.6 Å². The van der Waals surface area contributed by atoms with Crippen molar-refractivity contribution in [3.05, 3.63) is 64.5 Å². The number of nitrogens with zero attached hydrogens (tertiary/aromatic N) is 3. The Labute approximate surface area is 169 Å². The lowest BCUT2D eigenvalue weighted by Gasteiger charge is -2.06. The van der Waals surface area contributed by atoms with Crippen LogP contribution in [0.5, 0.6) is 5.75 Å². The minimum absolute atomic E-state index is 0.00207. The van der Waals surface area contributed by atoms with Crippen molar-refractivity contribution in [2.45, 2.75) is 12.8 Å². The average Bonchev–Trinajstić information content (AvgIpc) is 3.42. The predicted octanol–water partition coefficient (Wildman–Crippen LogP) is 3.91. The maximum Gasteiger partial charge on any atom is 0.287 e. The first-order valence-corrected chi connectivity index (χ1v) is 9.16. The van der Waals surface area contributed by atoms with Crippen LogP contribution in [0.1, 0.15) is 23.2 Å². The molecule has 10 nitrogen and oxygen atoms in total. The van der Waals surface area contributed by atoms with Crippen molar-refractivity contribution in [2.24, 2.45) is 0 Å². The molecule has 0 saturated heterocycles. The van der Waals surface area contributed by atoms with E-state index in [9.17, 15) is 20.0 Å². The van der Waals surface area contributed by atoms with Crippen LogP contribution in [0.15, 0.2) is 53.3 Å². The van der Waals surface area contributed by atoms with Crippen molar-refractivity contribution in [3.63, 3.8) is 0 Å². The van der Waals surface area contributed by atoms with E-state index in [0.717, 1.165) is 0 Å². The highest BCUT2D eigenvalue weighted by Crippen LogP contribution is 2.30. The van der Waals surface area contributed by atoms with E-state index in [2.05, 4.69) is 20.3 Å². The Bertz CT molecular complexity index is 1200. The number of Topliss-reactive ketones (excluding diaryl/α,β-unsaturated/α-hetero) is 1. The lowest BCUT2D eigenvalue weighted by molar-refractivity contribution is -0.385. The van der Waals surface area contributed by atoms with Crippen LogP contribution in [-0.2, 0) is 0 Å². The zero-order valence-corrected chi connectivity index (χ0v) is 15.7. The molecule has 0 atom stereocenters. The number of phenols is 1. The van der Waals surface area contributed by atoms with Gasteiger partial charge in [-0.2, -0.15) is 0 Å². The molecule has 0 saturated carbocycles. The highest BCUT2D eigenvalue weighted by atomic mass is 16.6. The van der Waals surface area contributed by atoms with Gasteiger partial charge in [0, 0.05) is 24.6 Å². The van der Waals surface area contributed by atoms with Gasteiger partial charge in [-0.1, -0.05) is 0 Å². The van der Waals surface area contributed by atoms with E-state index in [1.165, 1.54) is 30.7 Å². The molecule has 4 rings (SSSR count). The number of nitro groups is 1. The number of benzene rings is 1. The molecule has 3 N–H and O–H groups in total. The summed E-state index contributed by atoms with van der Waals surface area (Å²) >= 11 is 0. The zero-order valence-electron chi connectivity index (χ0n) is 15.7. The fourth-order valence-corrected chi connectivity index (χ4v) is 3.03. The number of ketones is 1. The molecule has 4 aromatic rings. The second kappa shape index (κ2) is 8.03. The first-order chi connectivity index (χ1) is 14.5. The van der Waals surface area contributed by atoms with Crippen molar-refractivity contribution < 1.29 is 19.2 Å². The summed E-state index contributed by atoms with van der Waals surface area (Å²) < 4.78 is 5.32. The second-order valence-electron chi connectivity index (χ2n) is 6.53. The number of H-pyrrole nitrogens is 1. The number of phenolic OH excluding ortho intramolecular Hbond substituents is 1. The first kappa shape index (κ1) is 19.1. The number of fused-ring (bicyclic) bond motifs is 1. The number of aromatic amines is 1. The fourth-order valence-electron chi connectivity index (χ4n) is 3.03. The minimum Gasteiger partial charge on any atom is -0.506 e. The van der Waals surface area contributed by atoms with E-state index >= 15 is 0 Å². The molecule has 0 aliphatic carbocycles. The van der Waals surface area contributed by atoms with Crippen LogP contribution in [0.25, 0.3) is 22.6 Å². The summed E-state index contributed by atoms with van der Waals surface area (Å²) in [6.45, 7) is 0.468. The van der Waals surface area contributed by atoms with Crippen LogP contribution < -0.4 is 5.32 Å². The summed E-state index contributed by atoms with van der Waals surface area (Å²) in [5, 5.41) is 23.8. The van der Waals surface area contributed by atoms with Gasteiger partial charge in [-0.3, -0.25) is 14.9 Å². The van der Waals surface area contributed by atoms with E-state index < -0.39 is 4.92 Å². The summed E-state index contributed by atoms with van der Waals surface area (Å²) in [5.41, 5.74) is 1.09. The van der Waals surface area contributed by atoms with Gasteiger partial charge in [-0.15, -0.1) is 0 Å². The molecule has 0 aliphatic heterocycles. The lowest BCUT2D eigenvalue weighted by Crippen LogP contribution is -2.07. The van der Waals surface area contributed by atoms with Crippen molar-refractivity contribution >= 4 is 28.3 Å². The van der Waals surface area contributed by atoms with Gasteiger partial charge in [0.25, 0.3) is 5.69 Å². The number of imidazole rings is 1. The van der Waals surface area contributed by atoms with Crippen LogP contribution in [0, 0.1) is 10.1 Å². The SMILES string of the molecule is O=C(CCCNc1ccc([N+](=O)[O-])cn1)c1ccc(O)c2[nH]c(-c3ccco3)nc12. The van der Waals surface area contributed by atoms with E-state index in [0.29, 0.717) is 47.0 Å². The van der Waals surface area contributed by atoms with E-state index in [1.54, 1.807) is 18.2 Å². The quantitative estimate of drug-likeness (QED) is 0.172. The molecule has 10 heteroatoms. The Morgan fingerprint density at radius 2 is 2.13 bits per heavy atom. The molecule has 0 radical (unpaired) electrons. The largest absolute Gasteiger partial charge is 0.506 e. The van der Waals surface area contributed by atoms with Crippen molar-refractivity contribution in [1.82, 2.24) is 15.0 Å². The molecule has 0 spiro atoms. The Kier molecular flexibility index (Phi) is 5.12. The molecule has 0 unspecified atom stereocenters. The van der Waals surface area contributed by atoms with Crippen LogP contribution >= 0.6 is 0 Å². The standard InChI is InChI=1S/C20H17N5O5/c26-14(3-1-9-21-17-8-5-12(11-22-17)25(28)29)13-6-7-15(27)19-18(13)23-20(24-19)16-4-2-10-30-16/h2,4-8,10-11,27H,1,3,9H2,(H,21,22)(H,23,24). The van der Waals surface area contributed by atoms with Crippen LogP contribution in [0.4, 0.5) is 11.5 Å². The first-order valence-electron chi connectivity index (χ1n) is 9.16. The van der Waals surface area contributed by atoms with E-state index in [1.807, 2.05) is 0 Å². The summed E-state index contributed by atoms with van der Waals surface area (Å²) in [5.74, 6) is 1.31. The topological polar surface area (TPSA) is 147 Å². The number of nitrogens with one attached hydrogen (secondary N) is 2. The number of carbonyl (C=O) groups is 1. The molecule has 152 valence electrons.